The maximum atomic E-state index is 12.0. The number of ether oxygens (including phenoxy) is 1. The van der Waals surface area contributed by atoms with Gasteiger partial charge in [0.2, 0.25) is 5.91 Å². The number of benzene rings is 1. The van der Waals surface area contributed by atoms with Crippen LogP contribution in [-0.4, -0.2) is 25.6 Å². The van der Waals surface area contributed by atoms with E-state index in [0.717, 1.165) is 37.6 Å². The van der Waals surface area contributed by atoms with E-state index in [4.69, 9.17) is 4.74 Å². The van der Waals surface area contributed by atoms with E-state index < -0.39 is 0 Å². The second-order valence-corrected chi connectivity index (χ2v) is 5.07. The third-order valence-electron chi connectivity index (χ3n) is 3.53. The first-order valence-corrected chi connectivity index (χ1v) is 6.95. The van der Waals surface area contributed by atoms with Crippen molar-refractivity contribution in [1.29, 1.82) is 0 Å². The monoisotopic (exact) mass is 262 g/mol. The maximum Gasteiger partial charge on any atom is 0.227 e. The van der Waals surface area contributed by atoms with Crippen molar-refractivity contribution >= 4 is 11.6 Å². The Morgan fingerprint density at radius 1 is 1.42 bits per heavy atom. The fourth-order valence-electron chi connectivity index (χ4n) is 1.99. The lowest BCUT2D eigenvalue weighted by atomic mass is 9.88. The number of carbonyl (C=O) groups excluding carboxylic acids is 1. The first kappa shape index (κ1) is 13.9. The van der Waals surface area contributed by atoms with Crippen LogP contribution in [0.1, 0.15) is 20.3 Å². The largest absolute Gasteiger partial charge is 0.494 e. The van der Waals surface area contributed by atoms with Crippen LogP contribution >= 0.6 is 0 Å². The van der Waals surface area contributed by atoms with Gasteiger partial charge in [0.15, 0.2) is 0 Å². The van der Waals surface area contributed by atoms with Crippen LogP contribution in [0.5, 0.6) is 5.75 Å². The number of rotatable bonds is 6. The molecule has 0 bridgehead atoms. The number of anilines is 1. The Labute approximate surface area is 114 Å². The third kappa shape index (κ3) is 3.70. The zero-order chi connectivity index (χ0) is 13.7. The Balaban J connectivity index is 1.86. The number of hydrogen-bond acceptors (Lipinski definition) is 3. The summed E-state index contributed by atoms with van der Waals surface area (Å²) in [6, 6.07) is 7.55. The zero-order valence-electron chi connectivity index (χ0n) is 11.6. The lowest BCUT2D eigenvalue weighted by molar-refractivity contribution is -0.121. The van der Waals surface area contributed by atoms with Gasteiger partial charge in [-0.1, -0.05) is 13.8 Å². The van der Waals surface area contributed by atoms with Gasteiger partial charge in [0, 0.05) is 11.6 Å². The van der Waals surface area contributed by atoms with Gasteiger partial charge in [-0.05, 0) is 49.7 Å². The van der Waals surface area contributed by atoms with E-state index in [2.05, 4.69) is 17.6 Å². The molecule has 1 heterocycles. The van der Waals surface area contributed by atoms with Crippen molar-refractivity contribution in [3.63, 3.8) is 0 Å². The Morgan fingerprint density at radius 3 is 2.63 bits per heavy atom. The van der Waals surface area contributed by atoms with Gasteiger partial charge in [-0.25, -0.2) is 0 Å². The lowest BCUT2D eigenvalue weighted by Crippen LogP contribution is -2.48. The first-order valence-electron chi connectivity index (χ1n) is 6.95. The molecule has 1 aromatic rings. The van der Waals surface area contributed by atoms with Gasteiger partial charge in [-0.2, -0.15) is 0 Å². The van der Waals surface area contributed by atoms with Crippen LogP contribution in [0.4, 0.5) is 5.69 Å². The molecule has 1 aliphatic rings. The molecule has 0 radical (unpaired) electrons. The standard InChI is InChI=1S/C15H22N2O2/c1-3-8-19-14-6-4-13(5-7-14)17-15(18)11(2)12-9-16-10-12/h4-7,11-12,16H,3,8-10H2,1-2H3,(H,17,18). The number of amides is 1. The molecule has 1 saturated heterocycles. The fraction of sp³-hybridized carbons (Fsp3) is 0.533. The Morgan fingerprint density at radius 2 is 2.11 bits per heavy atom. The maximum absolute atomic E-state index is 12.0. The van der Waals surface area contributed by atoms with Gasteiger partial charge in [0.1, 0.15) is 5.75 Å². The minimum absolute atomic E-state index is 0.0530. The molecule has 2 N–H and O–H groups in total. The number of carbonyl (C=O) groups is 1. The summed E-state index contributed by atoms with van der Waals surface area (Å²) in [6.45, 7) is 6.67. The van der Waals surface area contributed by atoms with Crippen molar-refractivity contribution < 1.29 is 9.53 Å². The molecule has 1 amide bonds. The summed E-state index contributed by atoms with van der Waals surface area (Å²) in [4.78, 5) is 12.0. The second-order valence-electron chi connectivity index (χ2n) is 5.07. The molecule has 19 heavy (non-hydrogen) atoms. The quantitative estimate of drug-likeness (QED) is 0.827. The fourth-order valence-corrected chi connectivity index (χ4v) is 1.99. The van der Waals surface area contributed by atoms with Crippen LogP contribution in [-0.2, 0) is 4.79 Å². The van der Waals surface area contributed by atoms with Gasteiger partial charge >= 0.3 is 0 Å². The van der Waals surface area contributed by atoms with Gasteiger partial charge in [-0.15, -0.1) is 0 Å². The normalized spacial score (nSPS) is 16.5. The van der Waals surface area contributed by atoms with Crippen molar-refractivity contribution in [2.45, 2.75) is 20.3 Å². The highest BCUT2D eigenvalue weighted by molar-refractivity contribution is 5.92. The van der Waals surface area contributed by atoms with E-state index in [1.165, 1.54) is 0 Å². The first-order chi connectivity index (χ1) is 9.20. The smallest absolute Gasteiger partial charge is 0.227 e. The number of nitrogens with one attached hydrogen (secondary N) is 2. The second kappa shape index (κ2) is 6.57. The van der Waals surface area contributed by atoms with Crippen LogP contribution < -0.4 is 15.4 Å². The van der Waals surface area contributed by atoms with Crippen molar-refractivity contribution in [2.75, 3.05) is 25.0 Å². The molecule has 0 aromatic heterocycles. The topological polar surface area (TPSA) is 50.4 Å². The Hall–Kier alpha value is -1.55. The van der Waals surface area contributed by atoms with E-state index in [0.29, 0.717) is 5.92 Å². The van der Waals surface area contributed by atoms with Crippen molar-refractivity contribution in [1.82, 2.24) is 5.32 Å². The summed E-state index contributed by atoms with van der Waals surface area (Å²) in [5, 5.41) is 6.14. The van der Waals surface area contributed by atoms with Crippen LogP contribution in [0.2, 0.25) is 0 Å². The average molecular weight is 262 g/mol. The molecule has 1 atom stereocenters. The van der Waals surface area contributed by atoms with E-state index in [1.807, 2.05) is 31.2 Å². The SMILES string of the molecule is CCCOc1ccc(NC(=O)C(C)C2CNC2)cc1. The van der Waals surface area contributed by atoms with Gasteiger partial charge in [0.25, 0.3) is 0 Å². The molecule has 104 valence electrons. The molecule has 0 spiro atoms. The minimum Gasteiger partial charge on any atom is -0.494 e. The summed E-state index contributed by atoms with van der Waals surface area (Å²) in [6.07, 6.45) is 0.991. The van der Waals surface area contributed by atoms with Crippen molar-refractivity contribution in [3.05, 3.63) is 24.3 Å². The molecule has 0 aliphatic carbocycles. The van der Waals surface area contributed by atoms with Crippen LogP contribution in [0.15, 0.2) is 24.3 Å². The highest BCUT2D eigenvalue weighted by atomic mass is 16.5. The van der Waals surface area contributed by atoms with Crippen LogP contribution in [0, 0.1) is 11.8 Å². The van der Waals surface area contributed by atoms with E-state index >= 15 is 0 Å². The molecular weight excluding hydrogens is 240 g/mol. The zero-order valence-corrected chi connectivity index (χ0v) is 11.6. The van der Waals surface area contributed by atoms with Crippen LogP contribution in [0.3, 0.4) is 0 Å². The molecule has 1 aliphatic heterocycles. The predicted molar refractivity (Wildman–Crippen MR) is 76.4 cm³/mol. The van der Waals surface area contributed by atoms with Gasteiger partial charge in [-0.3, -0.25) is 4.79 Å². The molecule has 2 rings (SSSR count). The lowest BCUT2D eigenvalue weighted by Gasteiger charge is -2.31. The molecule has 0 saturated carbocycles. The van der Waals surface area contributed by atoms with Gasteiger partial charge < -0.3 is 15.4 Å². The summed E-state index contributed by atoms with van der Waals surface area (Å²) >= 11 is 0. The predicted octanol–water partition coefficient (Wildman–Crippen LogP) is 2.27. The van der Waals surface area contributed by atoms with Crippen LogP contribution in [0.25, 0.3) is 0 Å². The molecule has 4 nitrogen and oxygen atoms in total. The summed E-state index contributed by atoms with van der Waals surface area (Å²) in [5.74, 6) is 1.45. The summed E-state index contributed by atoms with van der Waals surface area (Å²) in [5.41, 5.74) is 0.827. The summed E-state index contributed by atoms with van der Waals surface area (Å²) in [7, 11) is 0. The number of hydrogen-bond donors (Lipinski definition) is 2. The van der Waals surface area contributed by atoms with E-state index in [9.17, 15) is 4.79 Å². The van der Waals surface area contributed by atoms with Crippen molar-refractivity contribution in [3.8, 4) is 5.75 Å². The highest BCUT2D eigenvalue weighted by Crippen LogP contribution is 2.20. The van der Waals surface area contributed by atoms with Crippen molar-refractivity contribution in [2.24, 2.45) is 11.8 Å². The Bertz CT molecular complexity index is 413. The molecule has 1 fully saturated rings. The van der Waals surface area contributed by atoms with E-state index in [1.54, 1.807) is 0 Å². The van der Waals surface area contributed by atoms with E-state index in [-0.39, 0.29) is 11.8 Å². The average Bonchev–Trinajstić information content (AvgIpc) is 2.36. The summed E-state index contributed by atoms with van der Waals surface area (Å²) < 4.78 is 5.51. The molecule has 4 heteroatoms. The third-order valence-corrected chi connectivity index (χ3v) is 3.53. The molecule has 1 unspecified atom stereocenters. The Kier molecular flexibility index (Phi) is 4.80. The highest BCUT2D eigenvalue weighted by Gasteiger charge is 2.28. The minimum atomic E-state index is 0.0530. The molecule has 1 aromatic carbocycles. The molecular formula is C15H22N2O2. The van der Waals surface area contributed by atoms with Gasteiger partial charge in [0.05, 0.1) is 6.61 Å².